The first kappa shape index (κ1) is 9.83. The molecule has 0 N–H and O–H groups in total. The molecule has 70 valence electrons. The van der Waals surface area contributed by atoms with Crippen LogP contribution in [0.4, 0.5) is 0 Å². The summed E-state index contributed by atoms with van der Waals surface area (Å²) in [5, 5.41) is 0. The Balaban J connectivity index is 2.50. The highest BCUT2D eigenvalue weighted by atomic mass is 14.5. The van der Waals surface area contributed by atoms with Crippen LogP contribution in [0.3, 0.4) is 0 Å². The second-order valence-corrected chi connectivity index (χ2v) is 4.73. The zero-order valence-electron chi connectivity index (χ0n) is 8.88. The topological polar surface area (TPSA) is 0 Å². The highest BCUT2D eigenvalue weighted by Crippen LogP contribution is 2.53. The molecule has 0 amide bonds. The van der Waals surface area contributed by atoms with E-state index in [1.54, 1.807) is 0 Å². The van der Waals surface area contributed by atoms with Gasteiger partial charge in [-0.15, -0.1) is 6.58 Å². The lowest BCUT2D eigenvalue weighted by molar-refractivity contribution is 0.322. The van der Waals surface area contributed by atoms with Gasteiger partial charge in [0.1, 0.15) is 0 Å². The second kappa shape index (κ2) is 3.64. The summed E-state index contributed by atoms with van der Waals surface area (Å²) >= 11 is 0. The van der Waals surface area contributed by atoms with Crippen molar-refractivity contribution in [3.05, 3.63) is 12.7 Å². The maximum absolute atomic E-state index is 3.84. The lowest BCUT2D eigenvalue weighted by atomic mass is 9.86. The summed E-state index contributed by atoms with van der Waals surface area (Å²) in [4.78, 5) is 0. The van der Waals surface area contributed by atoms with E-state index in [2.05, 4.69) is 40.3 Å². The number of rotatable bonds is 4. The van der Waals surface area contributed by atoms with E-state index in [1.807, 2.05) is 0 Å². The van der Waals surface area contributed by atoms with Gasteiger partial charge in [-0.25, -0.2) is 0 Å². The van der Waals surface area contributed by atoms with Gasteiger partial charge in [0.05, 0.1) is 0 Å². The number of hydrogen-bond donors (Lipinski definition) is 0. The van der Waals surface area contributed by atoms with Crippen molar-refractivity contribution in [1.82, 2.24) is 0 Å². The minimum Gasteiger partial charge on any atom is -0.103 e. The van der Waals surface area contributed by atoms with Crippen molar-refractivity contribution in [2.75, 3.05) is 0 Å². The van der Waals surface area contributed by atoms with Crippen LogP contribution < -0.4 is 0 Å². The molecule has 1 aliphatic carbocycles. The summed E-state index contributed by atoms with van der Waals surface area (Å²) < 4.78 is 0. The van der Waals surface area contributed by atoms with E-state index in [0.717, 1.165) is 29.6 Å². The van der Waals surface area contributed by atoms with Crippen LogP contribution in [0.15, 0.2) is 12.7 Å². The average molecular weight is 166 g/mol. The molecule has 0 bridgehead atoms. The first-order valence-corrected chi connectivity index (χ1v) is 5.20. The maximum atomic E-state index is 3.84. The fraction of sp³-hybridized carbons (Fsp3) is 0.833. The normalized spacial score (nSPS) is 36.6. The monoisotopic (exact) mass is 166 g/mol. The third-order valence-corrected chi connectivity index (χ3v) is 3.69. The van der Waals surface area contributed by atoms with Gasteiger partial charge in [0.2, 0.25) is 0 Å². The highest BCUT2D eigenvalue weighted by Gasteiger charge is 2.47. The fourth-order valence-electron chi connectivity index (χ4n) is 2.55. The third-order valence-electron chi connectivity index (χ3n) is 3.69. The molecule has 12 heavy (non-hydrogen) atoms. The van der Waals surface area contributed by atoms with Crippen LogP contribution in [0, 0.1) is 29.6 Å². The molecule has 3 unspecified atom stereocenters. The number of allylic oxidation sites excluding steroid dienone is 1. The Hall–Kier alpha value is -0.260. The van der Waals surface area contributed by atoms with Gasteiger partial charge >= 0.3 is 0 Å². The molecular formula is C12H22. The van der Waals surface area contributed by atoms with Gasteiger partial charge in [-0.1, -0.05) is 33.8 Å². The van der Waals surface area contributed by atoms with Crippen molar-refractivity contribution in [2.24, 2.45) is 29.6 Å². The molecule has 1 fully saturated rings. The molecule has 0 aromatic rings. The number of hydrogen-bond acceptors (Lipinski definition) is 0. The second-order valence-electron chi connectivity index (χ2n) is 4.73. The van der Waals surface area contributed by atoms with Gasteiger partial charge in [0, 0.05) is 0 Å². The van der Waals surface area contributed by atoms with Crippen molar-refractivity contribution >= 4 is 0 Å². The highest BCUT2D eigenvalue weighted by molar-refractivity contribution is 4.97. The molecule has 0 radical (unpaired) electrons. The molecule has 0 nitrogen and oxygen atoms in total. The van der Waals surface area contributed by atoms with Gasteiger partial charge < -0.3 is 0 Å². The van der Waals surface area contributed by atoms with Crippen LogP contribution in [0.25, 0.3) is 0 Å². The van der Waals surface area contributed by atoms with E-state index in [9.17, 15) is 0 Å². The molecule has 1 aliphatic rings. The van der Waals surface area contributed by atoms with Gasteiger partial charge in [-0.2, -0.15) is 0 Å². The molecule has 0 aromatic heterocycles. The molecule has 0 aliphatic heterocycles. The Morgan fingerprint density at radius 3 is 2.00 bits per heavy atom. The Morgan fingerprint density at radius 1 is 1.25 bits per heavy atom. The van der Waals surface area contributed by atoms with Gasteiger partial charge in [-0.05, 0) is 36.0 Å². The van der Waals surface area contributed by atoms with Gasteiger partial charge in [0.15, 0.2) is 0 Å². The van der Waals surface area contributed by atoms with Crippen molar-refractivity contribution in [1.29, 1.82) is 0 Å². The molecule has 3 atom stereocenters. The van der Waals surface area contributed by atoms with Gasteiger partial charge in [-0.3, -0.25) is 0 Å². The third kappa shape index (κ3) is 1.73. The largest absolute Gasteiger partial charge is 0.103 e. The van der Waals surface area contributed by atoms with Crippen LogP contribution in [-0.4, -0.2) is 0 Å². The summed E-state index contributed by atoms with van der Waals surface area (Å²) in [5.41, 5.74) is 0. The Labute approximate surface area is 77.1 Å². The predicted molar refractivity (Wildman–Crippen MR) is 55.0 cm³/mol. The average Bonchev–Trinajstić information content (AvgIpc) is 2.56. The summed E-state index contributed by atoms with van der Waals surface area (Å²) in [5.74, 6) is 4.59. The van der Waals surface area contributed by atoms with E-state index in [1.165, 1.54) is 6.42 Å². The van der Waals surface area contributed by atoms with Crippen LogP contribution in [0.5, 0.6) is 0 Å². The smallest absolute Gasteiger partial charge is 0.0320 e. The minimum absolute atomic E-state index is 0.820. The molecule has 1 rings (SSSR count). The van der Waals surface area contributed by atoms with E-state index in [4.69, 9.17) is 0 Å². The van der Waals surface area contributed by atoms with E-state index >= 15 is 0 Å². The summed E-state index contributed by atoms with van der Waals surface area (Å²) in [6.07, 6.45) is 3.29. The molecule has 0 saturated heterocycles. The molecule has 0 aromatic carbocycles. The molecule has 0 spiro atoms. The van der Waals surface area contributed by atoms with Crippen LogP contribution in [-0.2, 0) is 0 Å². The van der Waals surface area contributed by atoms with E-state index in [0.29, 0.717) is 0 Å². The van der Waals surface area contributed by atoms with E-state index in [-0.39, 0.29) is 0 Å². The summed E-state index contributed by atoms with van der Waals surface area (Å²) in [6, 6.07) is 0. The lowest BCUT2D eigenvalue weighted by Gasteiger charge is -2.19. The van der Waals surface area contributed by atoms with Crippen molar-refractivity contribution in [2.45, 2.75) is 34.1 Å². The quantitative estimate of drug-likeness (QED) is 0.558. The lowest BCUT2D eigenvalue weighted by Crippen LogP contribution is -2.11. The van der Waals surface area contributed by atoms with Crippen molar-refractivity contribution in [3.63, 3.8) is 0 Å². The summed E-state index contributed by atoms with van der Waals surface area (Å²) in [7, 11) is 0. The van der Waals surface area contributed by atoms with Crippen LogP contribution in [0.1, 0.15) is 34.1 Å². The first-order chi connectivity index (χ1) is 5.59. The molecule has 1 saturated carbocycles. The summed E-state index contributed by atoms with van der Waals surface area (Å²) in [6.45, 7) is 13.3. The van der Waals surface area contributed by atoms with Crippen molar-refractivity contribution in [3.8, 4) is 0 Å². The Bertz CT molecular complexity index is 149. The first-order valence-electron chi connectivity index (χ1n) is 5.20. The standard InChI is InChI=1S/C12H22/c1-6-7-11(8(2)3)12-9(4)10(12)5/h6,8-12H,1,7H2,2-5H3. The Morgan fingerprint density at radius 2 is 1.75 bits per heavy atom. The zero-order valence-corrected chi connectivity index (χ0v) is 8.88. The molecule has 0 heteroatoms. The molecular weight excluding hydrogens is 144 g/mol. The molecule has 0 heterocycles. The predicted octanol–water partition coefficient (Wildman–Crippen LogP) is 3.74. The minimum atomic E-state index is 0.820. The Kier molecular flexibility index (Phi) is 2.98. The van der Waals surface area contributed by atoms with Gasteiger partial charge in [0.25, 0.3) is 0 Å². The van der Waals surface area contributed by atoms with Crippen LogP contribution in [0.2, 0.25) is 0 Å². The van der Waals surface area contributed by atoms with Crippen molar-refractivity contribution < 1.29 is 0 Å². The fourth-order valence-corrected chi connectivity index (χ4v) is 2.55. The zero-order chi connectivity index (χ0) is 9.30. The maximum Gasteiger partial charge on any atom is -0.0320 e. The van der Waals surface area contributed by atoms with Crippen LogP contribution >= 0.6 is 0 Å². The SMILES string of the molecule is C=CCC(C(C)C)C1C(C)C1C. The van der Waals surface area contributed by atoms with E-state index < -0.39 is 0 Å².